The van der Waals surface area contributed by atoms with E-state index >= 15 is 0 Å². The van der Waals surface area contributed by atoms with Gasteiger partial charge in [-0.2, -0.15) is 0 Å². The van der Waals surface area contributed by atoms with Crippen LogP contribution in [0.2, 0.25) is 0 Å². The quantitative estimate of drug-likeness (QED) is 0.330. The molecule has 9 nitrogen and oxygen atoms in total. The molecule has 0 aliphatic carbocycles. The lowest BCUT2D eigenvalue weighted by Crippen LogP contribution is -2.50. The van der Waals surface area contributed by atoms with E-state index in [1.165, 1.54) is 24.3 Å². The third-order valence-corrected chi connectivity index (χ3v) is 4.22. The number of rotatable bonds is 10. The van der Waals surface area contributed by atoms with Gasteiger partial charge in [-0.3, -0.25) is 14.4 Å². The van der Waals surface area contributed by atoms with Crippen molar-refractivity contribution in [3.63, 3.8) is 0 Å². The highest BCUT2D eigenvalue weighted by atomic mass is 16.6. The Morgan fingerprint density at radius 3 is 1.75 bits per heavy atom. The van der Waals surface area contributed by atoms with E-state index in [2.05, 4.69) is 0 Å². The maximum absolute atomic E-state index is 12.5. The van der Waals surface area contributed by atoms with Gasteiger partial charge in [-0.15, -0.1) is 0 Å². The molecule has 32 heavy (non-hydrogen) atoms. The molecule has 0 saturated heterocycles. The topological polar surface area (TPSA) is 133 Å². The van der Waals surface area contributed by atoms with Crippen LogP contribution >= 0.6 is 0 Å². The number of Topliss-reactive ketones (excluding diaryl/α,β-unsaturated/α-hetero) is 2. The van der Waals surface area contributed by atoms with E-state index < -0.39 is 54.4 Å². The molecule has 2 rings (SSSR count). The summed E-state index contributed by atoms with van der Waals surface area (Å²) in [5, 5.41) is 10.6. The predicted octanol–water partition coefficient (Wildman–Crippen LogP) is 1.52. The van der Waals surface area contributed by atoms with Crippen LogP contribution in [0.5, 0.6) is 0 Å². The Labute approximate surface area is 183 Å². The minimum absolute atomic E-state index is 0.0860. The maximum atomic E-state index is 12.5. The van der Waals surface area contributed by atoms with Gasteiger partial charge in [-0.05, 0) is 24.3 Å². The van der Waals surface area contributed by atoms with Gasteiger partial charge in [-0.1, -0.05) is 36.4 Å². The minimum atomic E-state index is -1.93. The molecule has 1 N–H and O–H groups in total. The molecule has 0 heterocycles. The first-order valence-corrected chi connectivity index (χ1v) is 9.59. The molecular weight excluding hydrogens is 420 g/mol. The normalized spacial score (nSPS) is 13.2. The van der Waals surface area contributed by atoms with E-state index in [4.69, 9.17) is 14.2 Å². The Morgan fingerprint density at radius 1 is 0.781 bits per heavy atom. The summed E-state index contributed by atoms with van der Waals surface area (Å²) in [6, 6.07) is 15.5. The van der Waals surface area contributed by atoms with Crippen LogP contribution in [0.3, 0.4) is 0 Å². The summed E-state index contributed by atoms with van der Waals surface area (Å²) in [4.78, 5) is 60.2. The van der Waals surface area contributed by atoms with Crippen LogP contribution < -0.4 is 0 Å². The average Bonchev–Trinajstić information content (AvgIpc) is 2.79. The molecule has 9 heteroatoms. The van der Waals surface area contributed by atoms with Gasteiger partial charge in [0, 0.05) is 13.8 Å². The van der Waals surface area contributed by atoms with Crippen molar-refractivity contribution in [1.82, 2.24) is 0 Å². The zero-order valence-corrected chi connectivity index (χ0v) is 17.4. The van der Waals surface area contributed by atoms with Crippen molar-refractivity contribution < 1.29 is 43.3 Å². The van der Waals surface area contributed by atoms with Crippen LogP contribution in [-0.4, -0.2) is 59.5 Å². The fraction of sp³-hybridized carbons (Fsp3) is 0.261. The summed E-state index contributed by atoms with van der Waals surface area (Å²) >= 11 is 0. The standard InChI is InChI=1S/C23H22O9/c1-14(24)19(27)21(31-15(2)25)20(32-23(29)17-11-7-4-8-12-17)18(26)13-30-22(28)16-9-5-3-6-10-16/h3-12,18,20-21,26H,13H2,1-2H3/t18-,20-,21+/m1/s1. The first kappa shape index (κ1) is 24.4. The number of hydrogen-bond acceptors (Lipinski definition) is 9. The van der Waals surface area contributed by atoms with Crippen molar-refractivity contribution in [2.75, 3.05) is 6.61 Å². The summed E-state index contributed by atoms with van der Waals surface area (Å²) < 4.78 is 15.2. The molecule has 2 aromatic rings. The van der Waals surface area contributed by atoms with Gasteiger partial charge in [0.1, 0.15) is 12.7 Å². The van der Waals surface area contributed by atoms with E-state index in [9.17, 15) is 29.1 Å². The van der Waals surface area contributed by atoms with Crippen LogP contribution in [0.25, 0.3) is 0 Å². The van der Waals surface area contributed by atoms with Gasteiger partial charge in [0.15, 0.2) is 11.9 Å². The highest BCUT2D eigenvalue weighted by Gasteiger charge is 2.41. The summed E-state index contributed by atoms with van der Waals surface area (Å²) in [6.45, 7) is 1.22. The molecule has 0 fully saturated rings. The molecule has 0 spiro atoms. The fourth-order valence-corrected chi connectivity index (χ4v) is 2.67. The molecule has 0 bridgehead atoms. The molecule has 0 unspecified atom stereocenters. The Balaban J connectivity index is 2.26. The van der Waals surface area contributed by atoms with Crippen LogP contribution in [0.1, 0.15) is 34.6 Å². The van der Waals surface area contributed by atoms with Crippen LogP contribution in [-0.2, 0) is 28.6 Å². The number of esters is 3. The lowest BCUT2D eigenvalue weighted by atomic mass is 10.0. The van der Waals surface area contributed by atoms with Gasteiger partial charge in [0.05, 0.1) is 11.1 Å². The first-order valence-electron chi connectivity index (χ1n) is 9.59. The number of hydrogen-bond donors (Lipinski definition) is 1. The molecule has 0 aromatic heterocycles. The third-order valence-electron chi connectivity index (χ3n) is 4.22. The van der Waals surface area contributed by atoms with Crippen molar-refractivity contribution >= 4 is 29.5 Å². The van der Waals surface area contributed by atoms with Crippen molar-refractivity contribution in [1.29, 1.82) is 0 Å². The van der Waals surface area contributed by atoms with Gasteiger partial charge in [0.2, 0.25) is 11.9 Å². The average molecular weight is 442 g/mol. The van der Waals surface area contributed by atoms with Gasteiger partial charge in [-0.25, -0.2) is 9.59 Å². The van der Waals surface area contributed by atoms with Crippen molar-refractivity contribution in [3.05, 3.63) is 71.8 Å². The van der Waals surface area contributed by atoms with Crippen molar-refractivity contribution in [2.24, 2.45) is 0 Å². The van der Waals surface area contributed by atoms with Crippen molar-refractivity contribution in [3.8, 4) is 0 Å². The Kier molecular flexibility index (Phi) is 8.79. The largest absolute Gasteiger partial charge is 0.459 e. The highest BCUT2D eigenvalue weighted by molar-refractivity contribution is 6.38. The number of carbonyl (C=O) groups is 5. The predicted molar refractivity (Wildman–Crippen MR) is 110 cm³/mol. The summed E-state index contributed by atoms with van der Waals surface area (Å²) in [5.74, 6) is -4.85. The monoisotopic (exact) mass is 442 g/mol. The zero-order chi connectivity index (χ0) is 23.7. The second-order valence-electron chi connectivity index (χ2n) is 6.72. The zero-order valence-electron chi connectivity index (χ0n) is 17.4. The first-order chi connectivity index (χ1) is 15.2. The Hall–Kier alpha value is -3.85. The molecule has 0 saturated carbocycles. The maximum Gasteiger partial charge on any atom is 0.338 e. The molecule has 168 valence electrons. The molecule has 0 aliphatic heterocycles. The Morgan fingerprint density at radius 2 is 1.28 bits per heavy atom. The second-order valence-corrected chi connectivity index (χ2v) is 6.72. The Bertz CT molecular complexity index is 969. The lowest BCUT2D eigenvalue weighted by molar-refractivity contribution is -0.168. The number of ketones is 2. The molecule has 2 aromatic carbocycles. The van der Waals surface area contributed by atoms with Gasteiger partial charge < -0.3 is 19.3 Å². The molecule has 0 amide bonds. The lowest BCUT2D eigenvalue weighted by Gasteiger charge is -2.28. The van der Waals surface area contributed by atoms with Crippen molar-refractivity contribution in [2.45, 2.75) is 32.2 Å². The smallest absolute Gasteiger partial charge is 0.338 e. The van der Waals surface area contributed by atoms with E-state index in [-0.39, 0.29) is 11.1 Å². The molecule has 3 atom stereocenters. The third kappa shape index (κ3) is 6.85. The van der Waals surface area contributed by atoms with Crippen LogP contribution in [0, 0.1) is 0 Å². The summed E-state index contributed by atoms with van der Waals surface area (Å²) in [5.41, 5.74) is 0.289. The van der Waals surface area contributed by atoms with Crippen LogP contribution in [0.15, 0.2) is 60.7 Å². The highest BCUT2D eigenvalue weighted by Crippen LogP contribution is 2.16. The molecule has 0 aliphatic rings. The number of aliphatic hydroxyl groups excluding tert-OH is 1. The molecular formula is C23H22O9. The SMILES string of the molecule is CC(=O)O[C@@H](C(=O)C(C)=O)[C@H](OC(=O)c1ccccc1)[C@H](O)COC(=O)c1ccccc1. The number of ether oxygens (including phenoxy) is 3. The summed E-state index contributed by atoms with van der Waals surface area (Å²) in [7, 11) is 0. The minimum Gasteiger partial charge on any atom is -0.459 e. The number of aliphatic hydroxyl groups is 1. The van der Waals surface area contributed by atoms with Gasteiger partial charge >= 0.3 is 17.9 Å². The second kappa shape index (κ2) is 11.5. The fourth-order valence-electron chi connectivity index (χ4n) is 2.67. The number of carbonyl (C=O) groups excluding carboxylic acids is 5. The van der Waals surface area contributed by atoms with E-state index in [0.717, 1.165) is 13.8 Å². The van der Waals surface area contributed by atoms with Gasteiger partial charge in [0.25, 0.3) is 0 Å². The van der Waals surface area contributed by atoms with Crippen LogP contribution in [0.4, 0.5) is 0 Å². The van der Waals surface area contributed by atoms with E-state index in [1.54, 1.807) is 36.4 Å². The number of benzene rings is 2. The summed E-state index contributed by atoms with van der Waals surface area (Å²) in [6.07, 6.45) is -5.53. The van der Waals surface area contributed by atoms with E-state index in [1.807, 2.05) is 0 Å². The molecule has 0 radical (unpaired) electrons. The van der Waals surface area contributed by atoms with E-state index in [0.29, 0.717) is 0 Å².